The van der Waals surface area contributed by atoms with E-state index < -0.39 is 0 Å². The summed E-state index contributed by atoms with van der Waals surface area (Å²) in [5.41, 5.74) is 6.75. The third kappa shape index (κ3) is 2.87. The smallest absolute Gasteiger partial charge is 0.0270 e. The predicted molar refractivity (Wildman–Crippen MR) is 49.0 cm³/mol. The lowest BCUT2D eigenvalue weighted by atomic mass is 10.0. The molecule has 0 saturated heterocycles. The highest BCUT2D eigenvalue weighted by atomic mass is 35.5. The van der Waals surface area contributed by atoms with E-state index in [-0.39, 0.29) is 12.4 Å². The molecule has 0 spiro atoms. The maximum absolute atomic E-state index is 5.48. The molecule has 1 unspecified atom stereocenters. The zero-order valence-corrected chi connectivity index (χ0v) is 7.34. The van der Waals surface area contributed by atoms with Gasteiger partial charge in [-0.2, -0.15) is 0 Å². The summed E-state index contributed by atoms with van der Waals surface area (Å²) >= 11 is 0. The summed E-state index contributed by atoms with van der Waals surface area (Å²) in [4.78, 5) is 3.92. The fraction of sp³-hybridized carbons (Fsp3) is 0.375. The molecule has 11 heavy (non-hydrogen) atoms. The average molecular weight is 173 g/mol. The minimum absolute atomic E-state index is 0. The van der Waals surface area contributed by atoms with Crippen molar-refractivity contribution < 1.29 is 0 Å². The lowest BCUT2D eigenvalue weighted by molar-refractivity contribution is 0.772. The lowest BCUT2D eigenvalue weighted by Gasteiger charge is -2.06. The van der Waals surface area contributed by atoms with Gasteiger partial charge in [0.15, 0.2) is 0 Å². The van der Waals surface area contributed by atoms with Crippen LogP contribution in [0.4, 0.5) is 0 Å². The Hall–Kier alpha value is -0.600. The molecule has 1 heterocycles. The van der Waals surface area contributed by atoms with Crippen molar-refractivity contribution in [3.63, 3.8) is 0 Å². The van der Waals surface area contributed by atoms with Gasteiger partial charge in [-0.1, -0.05) is 6.92 Å². The second kappa shape index (κ2) is 5.10. The Labute approximate surface area is 73.2 Å². The number of rotatable bonds is 2. The Kier molecular flexibility index (Phi) is 4.83. The molecule has 1 aromatic heterocycles. The summed E-state index contributed by atoms with van der Waals surface area (Å²) in [5, 5.41) is 0. The number of hydrogen-bond acceptors (Lipinski definition) is 2. The summed E-state index contributed by atoms with van der Waals surface area (Å²) in [6.45, 7) is 2.80. The number of nitrogens with zero attached hydrogens (tertiary/aromatic N) is 1. The SMILES string of the molecule is CC(CN)c1ccncc1.Cl. The molecule has 2 N–H and O–H groups in total. The fourth-order valence-electron chi connectivity index (χ4n) is 0.828. The fourth-order valence-corrected chi connectivity index (χ4v) is 0.828. The van der Waals surface area contributed by atoms with E-state index in [1.165, 1.54) is 5.56 Å². The molecule has 0 aliphatic heterocycles. The van der Waals surface area contributed by atoms with E-state index in [9.17, 15) is 0 Å². The van der Waals surface area contributed by atoms with Crippen LogP contribution < -0.4 is 5.73 Å². The summed E-state index contributed by atoms with van der Waals surface area (Å²) in [6.07, 6.45) is 3.59. The van der Waals surface area contributed by atoms with E-state index in [2.05, 4.69) is 11.9 Å². The first-order valence-corrected chi connectivity index (χ1v) is 3.44. The molecule has 1 rings (SSSR count). The first-order valence-electron chi connectivity index (χ1n) is 3.44. The average Bonchev–Trinajstić information content (AvgIpc) is 2.05. The Morgan fingerprint density at radius 1 is 1.45 bits per heavy atom. The molecule has 0 aliphatic carbocycles. The van der Waals surface area contributed by atoms with E-state index in [1.807, 2.05) is 12.1 Å². The minimum atomic E-state index is 0. The number of hydrogen-bond donors (Lipinski definition) is 1. The maximum atomic E-state index is 5.48. The van der Waals surface area contributed by atoms with E-state index in [1.54, 1.807) is 12.4 Å². The molecular formula is C8H13ClN2. The van der Waals surface area contributed by atoms with E-state index in [0.717, 1.165) is 0 Å². The highest BCUT2D eigenvalue weighted by Gasteiger charge is 1.99. The van der Waals surface area contributed by atoms with Crippen LogP contribution in [0.25, 0.3) is 0 Å². The van der Waals surface area contributed by atoms with Gasteiger partial charge in [0.1, 0.15) is 0 Å². The zero-order valence-electron chi connectivity index (χ0n) is 6.53. The summed E-state index contributed by atoms with van der Waals surface area (Å²) < 4.78 is 0. The Morgan fingerprint density at radius 3 is 2.45 bits per heavy atom. The molecule has 0 aromatic carbocycles. The molecule has 1 aromatic rings. The van der Waals surface area contributed by atoms with Gasteiger partial charge in [-0.3, -0.25) is 4.98 Å². The van der Waals surface area contributed by atoms with Gasteiger partial charge < -0.3 is 5.73 Å². The van der Waals surface area contributed by atoms with Gasteiger partial charge in [0.25, 0.3) is 0 Å². The topological polar surface area (TPSA) is 38.9 Å². The molecule has 0 amide bonds. The molecule has 0 saturated carbocycles. The Bertz CT molecular complexity index is 189. The van der Waals surface area contributed by atoms with Gasteiger partial charge in [-0.05, 0) is 30.2 Å². The quantitative estimate of drug-likeness (QED) is 0.736. The molecule has 0 fully saturated rings. The van der Waals surface area contributed by atoms with Crippen molar-refractivity contribution in [3.05, 3.63) is 30.1 Å². The monoisotopic (exact) mass is 172 g/mol. The van der Waals surface area contributed by atoms with Crippen LogP contribution in [0.5, 0.6) is 0 Å². The number of halogens is 1. The van der Waals surface area contributed by atoms with E-state index >= 15 is 0 Å². The molecular weight excluding hydrogens is 160 g/mol. The number of aromatic nitrogens is 1. The van der Waals surface area contributed by atoms with Crippen LogP contribution in [-0.4, -0.2) is 11.5 Å². The van der Waals surface area contributed by atoms with Crippen molar-refractivity contribution in [2.45, 2.75) is 12.8 Å². The van der Waals surface area contributed by atoms with Gasteiger partial charge in [0, 0.05) is 12.4 Å². The standard InChI is InChI=1S/C8H12N2.ClH/c1-7(6-9)8-2-4-10-5-3-8;/h2-5,7H,6,9H2,1H3;1H. The summed E-state index contributed by atoms with van der Waals surface area (Å²) in [7, 11) is 0. The van der Waals surface area contributed by atoms with Crippen LogP contribution >= 0.6 is 12.4 Å². The lowest BCUT2D eigenvalue weighted by Crippen LogP contribution is -2.08. The van der Waals surface area contributed by atoms with Crippen LogP contribution in [0.2, 0.25) is 0 Å². The predicted octanol–water partition coefficient (Wildman–Crippen LogP) is 1.57. The van der Waals surface area contributed by atoms with Crippen molar-refractivity contribution in [1.82, 2.24) is 4.98 Å². The highest BCUT2D eigenvalue weighted by Crippen LogP contribution is 2.10. The molecule has 0 aliphatic rings. The number of nitrogens with two attached hydrogens (primary N) is 1. The minimum Gasteiger partial charge on any atom is -0.330 e. The molecule has 2 nitrogen and oxygen atoms in total. The second-order valence-corrected chi connectivity index (χ2v) is 2.42. The molecule has 62 valence electrons. The Balaban J connectivity index is 0.000001000. The second-order valence-electron chi connectivity index (χ2n) is 2.42. The summed E-state index contributed by atoms with van der Waals surface area (Å²) in [5.74, 6) is 0.447. The zero-order chi connectivity index (χ0) is 7.40. The molecule has 3 heteroatoms. The summed E-state index contributed by atoms with van der Waals surface area (Å²) in [6, 6.07) is 4.00. The van der Waals surface area contributed by atoms with Gasteiger partial charge in [0.2, 0.25) is 0 Å². The van der Waals surface area contributed by atoms with E-state index in [4.69, 9.17) is 5.73 Å². The van der Waals surface area contributed by atoms with Crippen molar-refractivity contribution in [3.8, 4) is 0 Å². The van der Waals surface area contributed by atoms with Crippen molar-refractivity contribution >= 4 is 12.4 Å². The molecule has 1 atom stereocenters. The molecule has 0 radical (unpaired) electrons. The van der Waals surface area contributed by atoms with Crippen molar-refractivity contribution in [2.75, 3.05) is 6.54 Å². The van der Waals surface area contributed by atoms with Gasteiger partial charge in [-0.25, -0.2) is 0 Å². The first kappa shape index (κ1) is 10.4. The van der Waals surface area contributed by atoms with Crippen molar-refractivity contribution in [1.29, 1.82) is 0 Å². The normalized spacial score (nSPS) is 11.8. The van der Waals surface area contributed by atoms with Gasteiger partial charge >= 0.3 is 0 Å². The van der Waals surface area contributed by atoms with Crippen LogP contribution in [0.15, 0.2) is 24.5 Å². The molecule has 0 bridgehead atoms. The van der Waals surface area contributed by atoms with Crippen LogP contribution in [-0.2, 0) is 0 Å². The first-order chi connectivity index (χ1) is 4.84. The third-order valence-electron chi connectivity index (χ3n) is 1.63. The van der Waals surface area contributed by atoms with E-state index in [0.29, 0.717) is 12.5 Å². The third-order valence-corrected chi connectivity index (χ3v) is 1.63. The maximum Gasteiger partial charge on any atom is 0.0270 e. The van der Waals surface area contributed by atoms with Crippen LogP contribution in [0, 0.1) is 0 Å². The number of pyridine rings is 1. The van der Waals surface area contributed by atoms with Crippen LogP contribution in [0.1, 0.15) is 18.4 Å². The van der Waals surface area contributed by atoms with Gasteiger partial charge in [-0.15, -0.1) is 12.4 Å². The van der Waals surface area contributed by atoms with Gasteiger partial charge in [0.05, 0.1) is 0 Å². The van der Waals surface area contributed by atoms with Crippen LogP contribution in [0.3, 0.4) is 0 Å². The largest absolute Gasteiger partial charge is 0.330 e. The van der Waals surface area contributed by atoms with Crippen molar-refractivity contribution in [2.24, 2.45) is 5.73 Å². The highest BCUT2D eigenvalue weighted by molar-refractivity contribution is 5.85. The Morgan fingerprint density at radius 2 is 2.00 bits per heavy atom.